The van der Waals surface area contributed by atoms with E-state index in [-0.39, 0.29) is 11.1 Å². The molecule has 0 spiro atoms. The van der Waals surface area contributed by atoms with Gasteiger partial charge < -0.3 is 4.98 Å². The summed E-state index contributed by atoms with van der Waals surface area (Å²) in [5.41, 5.74) is 1.01. The second-order valence-electron chi connectivity index (χ2n) is 4.13. The summed E-state index contributed by atoms with van der Waals surface area (Å²) in [4.78, 5) is 8.62. The Kier molecular flexibility index (Phi) is 3.56. The van der Waals surface area contributed by atoms with Crippen molar-refractivity contribution in [1.82, 2.24) is 14.7 Å². The molecule has 0 aliphatic rings. The van der Waals surface area contributed by atoms with Gasteiger partial charge in [0.05, 0.1) is 12.5 Å². The molecule has 0 radical (unpaired) electrons. The Morgan fingerprint density at radius 3 is 2.67 bits per heavy atom. The van der Waals surface area contributed by atoms with Gasteiger partial charge in [-0.1, -0.05) is 0 Å². The summed E-state index contributed by atoms with van der Waals surface area (Å²) in [7, 11) is -3.54. The van der Waals surface area contributed by atoms with Gasteiger partial charge in [-0.15, -0.1) is 11.3 Å². The lowest BCUT2D eigenvalue weighted by molar-refractivity contribution is 0.563. The summed E-state index contributed by atoms with van der Waals surface area (Å²) in [5.74, 6) is 0. The predicted octanol–water partition coefficient (Wildman–Crippen LogP) is 2.13. The van der Waals surface area contributed by atoms with Crippen LogP contribution in [0.1, 0.15) is 28.3 Å². The monoisotopic (exact) mass is 285 g/mol. The fourth-order valence-corrected chi connectivity index (χ4v) is 3.98. The maximum absolute atomic E-state index is 12.0. The van der Waals surface area contributed by atoms with Crippen molar-refractivity contribution in [3.05, 3.63) is 33.9 Å². The van der Waals surface area contributed by atoms with Crippen LogP contribution in [0.5, 0.6) is 0 Å². The molecule has 7 heteroatoms. The van der Waals surface area contributed by atoms with E-state index in [0.29, 0.717) is 0 Å². The van der Waals surface area contributed by atoms with Gasteiger partial charge in [-0.05, 0) is 32.4 Å². The SMILES string of the molecule is Cc1cc(C(C)NS(=O)(=O)c2cnc[nH]2)c(C)s1. The maximum Gasteiger partial charge on any atom is 0.258 e. The van der Waals surface area contributed by atoms with Crippen molar-refractivity contribution in [2.45, 2.75) is 31.8 Å². The molecule has 18 heavy (non-hydrogen) atoms. The third kappa shape index (κ3) is 2.63. The predicted molar refractivity (Wildman–Crippen MR) is 71.1 cm³/mol. The molecule has 5 nitrogen and oxygen atoms in total. The Balaban J connectivity index is 2.22. The number of aryl methyl sites for hydroxylation is 2. The van der Waals surface area contributed by atoms with Crippen molar-refractivity contribution in [2.75, 3.05) is 0 Å². The van der Waals surface area contributed by atoms with Gasteiger partial charge in [0.25, 0.3) is 10.0 Å². The lowest BCUT2D eigenvalue weighted by Crippen LogP contribution is -2.27. The first kappa shape index (κ1) is 13.3. The van der Waals surface area contributed by atoms with Crippen LogP contribution in [0.4, 0.5) is 0 Å². The van der Waals surface area contributed by atoms with Crippen LogP contribution in [0.2, 0.25) is 0 Å². The summed E-state index contributed by atoms with van der Waals surface area (Å²) in [5, 5.41) is 0.0824. The molecule has 0 amide bonds. The van der Waals surface area contributed by atoms with Crippen LogP contribution in [0.15, 0.2) is 23.6 Å². The van der Waals surface area contributed by atoms with Crippen molar-refractivity contribution < 1.29 is 8.42 Å². The van der Waals surface area contributed by atoms with Gasteiger partial charge in [0.15, 0.2) is 5.03 Å². The standard InChI is InChI=1S/C11H15N3O2S2/c1-7-4-10(9(3)17-7)8(2)14-18(15,16)11-5-12-6-13-11/h4-6,8,14H,1-3H3,(H,12,13). The number of imidazole rings is 1. The highest BCUT2D eigenvalue weighted by Crippen LogP contribution is 2.27. The highest BCUT2D eigenvalue weighted by molar-refractivity contribution is 7.89. The molecule has 0 saturated heterocycles. The molecular weight excluding hydrogens is 270 g/mol. The number of aromatic nitrogens is 2. The van der Waals surface area contributed by atoms with Crippen molar-refractivity contribution in [3.8, 4) is 0 Å². The Labute approximate surface area is 110 Å². The van der Waals surface area contributed by atoms with E-state index < -0.39 is 10.0 Å². The second-order valence-corrected chi connectivity index (χ2v) is 7.27. The molecule has 2 aromatic heterocycles. The minimum atomic E-state index is -3.54. The molecule has 0 aromatic carbocycles. The number of aromatic amines is 1. The Morgan fingerprint density at radius 1 is 1.44 bits per heavy atom. The molecule has 0 aliphatic carbocycles. The van der Waals surface area contributed by atoms with Crippen molar-refractivity contribution in [3.63, 3.8) is 0 Å². The molecule has 0 aliphatic heterocycles. The molecule has 0 bridgehead atoms. The number of nitrogens with one attached hydrogen (secondary N) is 2. The number of H-pyrrole nitrogens is 1. The van der Waals surface area contributed by atoms with Gasteiger partial charge in [0.1, 0.15) is 0 Å². The minimum Gasteiger partial charge on any atom is -0.335 e. The minimum absolute atomic E-state index is 0.0824. The van der Waals surface area contributed by atoms with Crippen molar-refractivity contribution in [1.29, 1.82) is 0 Å². The lowest BCUT2D eigenvalue weighted by Gasteiger charge is -2.13. The molecule has 2 N–H and O–H groups in total. The molecule has 1 unspecified atom stereocenters. The number of thiophene rings is 1. The number of rotatable bonds is 4. The largest absolute Gasteiger partial charge is 0.335 e. The van der Waals surface area contributed by atoms with E-state index in [2.05, 4.69) is 14.7 Å². The first-order chi connectivity index (χ1) is 8.40. The van der Waals surface area contributed by atoms with E-state index in [4.69, 9.17) is 0 Å². The third-order valence-corrected chi connectivity index (χ3v) is 5.09. The highest BCUT2D eigenvalue weighted by atomic mass is 32.2. The Hall–Kier alpha value is -1.18. The number of nitrogens with zero attached hydrogens (tertiary/aromatic N) is 1. The normalized spacial score (nSPS) is 13.7. The summed E-state index contributed by atoms with van der Waals surface area (Å²) >= 11 is 1.67. The van der Waals surface area contributed by atoms with Crippen LogP contribution in [-0.2, 0) is 10.0 Å². The van der Waals surface area contributed by atoms with Gasteiger partial charge in [-0.3, -0.25) is 0 Å². The van der Waals surface area contributed by atoms with E-state index in [9.17, 15) is 8.42 Å². The average Bonchev–Trinajstić information content (AvgIpc) is 2.86. The molecule has 2 aromatic rings. The summed E-state index contributed by atoms with van der Waals surface area (Å²) in [6.07, 6.45) is 2.64. The third-order valence-electron chi connectivity index (χ3n) is 2.64. The molecule has 0 saturated carbocycles. The van der Waals surface area contributed by atoms with Gasteiger partial charge in [-0.25, -0.2) is 18.1 Å². The molecule has 1 atom stereocenters. The number of hydrogen-bond donors (Lipinski definition) is 2. The zero-order chi connectivity index (χ0) is 13.3. The van der Waals surface area contributed by atoms with Gasteiger partial charge in [-0.2, -0.15) is 0 Å². The fraction of sp³-hybridized carbons (Fsp3) is 0.364. The molecule has 98 valence electrons. The molecule has 2 heterocycles. The van der Waals surface area contributed by atoms with E-state index >= 15 is 0 Å². The van der Waals surface area contributed by atoms with Gasteiger partial charge >= 0.3 is 0 Å². The number of hydrogen-bond acceptors (Lipinski definition) is 4. The smallest absolute Gasteiger partial charge is 0.258 e. The van der Waals surface area contributed by atoms with Crippen LogP contribution in [0.25, 0.3) is 0 Å². The fourth-order valence-electron chi connectivity index (χ4n) is 1.83. The summed E-state index contributed by atoms with van der Waals surface area (Å²) < 4.78 is 26.7. The first-order valence-corrected chi connectivity index (χ1v) is 7.78. The van der Waals surface area contributed by atoms with Gasteiger partial charge in [0, 0.05) is 15.8 Å². The van der Waals surface area contributed by atoms with Crippen LogP contribution in [0.3, 0.4) is 0 Å². The maximum atomic E-state index is 12.0. The lowest BCUT2D eigenvalue weighted by atomic mass is 10.1. The summed E-state index contributed by atoms with van der Waals surface area (Å²) in [6, 6.07) is 1.75. The number of sulfonamides is 1. The zero-order valence-electron chi connectivity index (χ0n) is 10.4. The summed E-state index contributed by atoms with van der Waals surface area (Å²) in [6.45, 7) is 5.84. The van der Waals surface area contributed by atoms with Crippen LogP contribution in [-0.4, -0.2) is 18.4 Å². The first-order valence-electron chi connectivity index (χ1n) is 5.48. The molecule has 2 rings (SSSR count). The average molecular weight is 285 g/mol. The second kappa shape index (κ2) is 4.83. The van der Waals surface area contributed by atoms with E-state index in [0.717, 1.165) is 10.4 Å². The topological polar surface area (TPSA) is 74.8 Å². The molecule has 0 fully saturated rings. The zero-order valence-corrected chi connectivity index (χ0v) is 12.0. The quantitative estimate of drug-likeness (QED) is 0.903. The highest BCUT2D eigenvalue weighted by Gasteiger charge is 2.21. The van der Waals surface area contributed by atoms with Crippen LogP contribution < -0.4 is 4.72 Å². The van der Waals surface area contributed by atoms with E-state index in [1.165, 1.54) is 17.4 Å². The van der Waals surface area contributed by atoms with Crippen LogP contribution >= 0.6 is 11.3 Å². The molecular formula is C11H15N3O2S2. The van der Waals surface area contributed by atoms with E-state index in [1.807, 2.05) is 26.8 Å². The Morgan fingerprint density at radius 2 is 2.17 bits per heavy atom. The Bertz CT molecular complexity index is 629. The van der Waals surface area contributed by atoms with Crippen molar-refractivity contribution in [2.24, 2.45) is 0 Å². The van der Waals surface area contributed by atoms with Gasteiger partial charge in [0.2, 0.25) is 0 Å². The van der Waals surface area contributed by atoms with E-state index in [1.54, 1.807) is 11.3 Å². The van der Waals surface area contributed by atoms with Crippen molar-refractivity contribution >= 4 is 21.4 Å². The van der Waals surface area contributed by atoms with Crippen LogP contribution in [0, 0.1) is 13.8 Å².